The summed E-state index contributed by atoms with van der Waals surface area (Å²) in [6.45, 7) is 5.85. The quantitative estimate of drug-likeness (QED) is 0.851. The summed E-state index contributed by atoms with van der Waals surface area (Å²) in [6, 6.07) is -0.713. The average molecular weight is 312 g/mol. The van der Waals surface area contributed by atoms with Crippen LogP contribution in [0.3, 0.4) is 0 Å². The zero-order valence-corrected chi connectivity index (χ0v) is 13.6. The molecule has 118 valence electrons. The Kier molecular flexibility index (Phi) is 3.84. The van der Waals surface area contributed by atoms with Crippen LogP contribution in [-0.2, 0) is 4.79 Å². The van der Waals surface area contributed by atoms with Crippen molar-refractivity contribution in [3.8, 4) is 0 Å². The Morgan fingerprint density at radius 1 is 1.29 bits per heavy atom. The molecule has 0 radical (unpaired) electrons. The number of hydrogen-bond donors (Lipinski definition) is 1. The third kappa shape index (κ3) is 3.00. The Balaban J connectivity index is 1.77. The first kappa shape index (κ1) is 15.0. The van der Waals surface area contributed by atoms with Crippen LogP contribution in [0.15, 0.2) is 0 Å². The molecule has 0 aromatic carbocycles. The number of carbonyl (C=O) groups excluding carboxylic acids is 1. The summed E-state index contributed by atoms with van der Waals surface area (Å²) in [5, 5.41) is 9.50. The first-order valence-corrected chi connectivity index (χ1v) is 8.85. The second-order valence-electron chi connectivity index (χ2n) is 7.29. The summed E-state index contributed by atoms with van der Waals surface area (Å²) >= 11 is 1.65. The van der Waals surface area contributed by atoms with Crippen molar-refractivity contribution in [3.63, 3.8) is 0 Å². The van der Waals surface area contributed by atoms with E-state index >= 15 is 0 Å². The molecule has 0 bridgehead atoms. The van der Waals surface area contributed by atoms with Crippen molar-refractivity contribution < 1.29 is 14.7 Å². The predicted octanol–water partition coefficient (Wildman–Crippen LogP) is 2.47. The van der Waals surface area contributed by atoms with Crippen LogP contribution in [0.2, 0.25) is 0 Å². The lowest BCUT2D eigenvalue weighted by Crippen LogP contribution is -2.55. The lowest BCUT2D eigenvalue weighted by atomic mass is 9.84. The summed E-state index contributed by atoms with van der Waals surface area (Å²) < 4.78 is 0. The van der Waals surface area contributed by atoms with E-state index in [2.05, 4.69) is 13.8 Å². The van der Waals surface area contributed by atoms with Crippen molar-refractivity contribution in [2.45, 2.75) is 50.9 Å². The van der Waals surface area contributed by atoms with E-state index in [1.54, 1.807) is 16.7 Å². The molecule has 3 fully saturated rings. The molecule has 0 aromatic rings. The van der Waals surface area contributed by atoms with Crippen molar-refractivity contribution in [3.05, 3.63) is 0 Å². The van der Waals surface area contributed by atoms with Crippen LogP contribution in [-0.4, -0.2) is 57.2 Å². The molecule has 21 heavy (non-hydrogen) atoms. The van der Waals surface area contributed by atoms with Crippen LogP contribution in [0.4, 0.5) is 4.79 Å². The molecule has 6 heteroatoms. The number of amides is 2. The molecule has 0 spiro atoms. The Labute approximate surface area is 130 Å². The molecule has 2 aliphatic heterocycles. The minimum absolute atomic E-state index is 0.0583. The summed E-state index contributed by atoms with van der Waals surface area (Å²) in [5.74, 6) is 0.163. The van der Waals surface area contributed by atoms with Crippen LogP contribution >= 0.6 is 11.8 Å². The van der Waals surface area contributed by atoms with Crippen LogP contribution in [0, 0.1) is 11.3 Å². The highest BCUT2D eigenvalue weighted by Gasteiger charge is 2.49. The lowest BCUT2D eigenvalue weighted by Gasteiger charge is -2.41. The number of aliphatic carboxylic acids is 1. The molecule has 1 aliphatic carbocycles. The van der Waals surface area contributed by atoms with Gasteiger partial charge in [-0.25, -0.2) is 9.59 Å². The van der Waals surface area contributed by atoms with Crippen LogP contribution < -0.4 is 0 Å². The Morgan fingerprint density at radius 3 is 2.57 bits per heavy atom. The third-order valence-corrected chi connectivity index (χ3v) is 6.20. The zero-order chi connectivity index (χ0) is 15.2. The summed E-state index contributed by atoms with van der Waals surface area (Å²) in [7, 11) is 0. The molecule has 5 nitrogen and oxygen atoms in total. The molecule has 3 aliphatic rings. The standard InChI is InChI=1S/C15H24N2O3S/c1-15(2)6-3-7-16(9-15)14(20)17-11(13(18)19)8-21-12(17)10-4-5-10/h10-12H,3-9H2,1-2H3,(H,18,19). The fourth-order valence-corrected chi connectivity index (χ4v) is 5.08. The second-order valence-corrected chi connectivity index (χ2v) is 8.44. The van der Waals surface area contributed by atoms with Crippen LogP contribution in [0.5, 0.6) is 0 Å². The van der Waals surface area contributed by atoms with Gasteiger partial charge in [-0.05, 0) is 37.0 Å². The van der Waals surface area contributed by atoms with E-state index in [9.17, 15) is 14.7 Å². The molecule has 2 saturated heterocycles. The van der Waals surface area contributed by atoms with E-state index in [-0.39, 0.29) is 16.8 Å². The minimum Gasteiger partial charge on any atom is -0.480 e. The van der Waals surface area contributed by atoms with Crippen molar-refractivity contribution in [1.29, 1.82) is 0 Å². The number of piperidine rings is 1. The predicted molar refractivity (Wildman–Crippen MR) is 82.2 cm³/mol. The third-order valence-electron chi connectivity index (χ3n) is 4.74. The fraction of sp³-hybridized carbons (Fsp3) is 0.867. The maximum atomic E-state index is 12.9. The van der Waals surface area contributed by atoms with E-state index in [0.717, 1.165) is 38.8 Å². The van der Waals surface area contributed by atoms with Gasteiger partial charge in [0.15, 0.2) is 0 Å². The molecule has 2 atom stereocenters. The van der Waals surface area contributed by atoms with Gasteiger partial charge in [-0.1, -0.05) is 13.8 Å². The molecule has 2 heterocycles. The monoisotopic (exact) mass is 312 g/mol. The van der Waals surface area contributed by atoms with Gasteiger partial charge in [0.2, 0.25) is 0 Å². The number of nitrogens with zero attached hydrogens (tertiary/aromatic N) is 2. The molecule has 2 unspecified atom stereocenters. The first-order valence-electron chi connectivity index (χ1n) is 7.81. The van der Waals surface area contributed by atoms with Gasteiger partial charge in [0.05, 0.1) is 5.37 Å². The normalized spacial score (nSPS) is 32.3. The maximum Gasteiger partial charge on any atom is 0.327 e. The van der Waals surface area contributed by atoms with Gasteiger partial charge in [-0.2, -0.15) is 0 Å². The first-order chi connectivity index (χ1) is 9.89. The smallest absolute Gasteiger partial charge is 0.327 e. The van der Waals surface area contributed by atoms with Gasteiger partial charge in [0, 0.05) is 18.8 Å². The fourth-order valence-electron chi connectivity index (χ4n) is 3.45. The van der Waals surface area contributed by atoms with E-state index < -0.39 is 12.0 Å². The highest BCUT2D eigenvalue weighted by atomic mass is 32.2. The van der Waals surface area contributed by atoms with E-state index in [4.69, 9.17) is 0 Å². The molecular formula is C15H24N2O3S. The maximum absolute atomic E-state index is 12.9. The van der Waals surface area contributed by atoms with Gasteiger partial charge >= 0.3 is 12.0 Å². The molecule has 1 saturated carbocycles. The SMILES string of the molecule is CC1(C)CCCN(C(=O)N2C(C(=O)O)CSC2C2CC2)C1. The molecule has 3 rings (SSSR count). The van der Waals surface area contributed by atoms with Crippen molar-refractivity contribution in [1.82, 2.24) is 9.80 Å². The molecule has 0 aromatic heterocycles. The number of carbonyl (C=O) groups is 2. The zero-order valence-electron chi connectivity index (χ0n) is 12.7. The summed E-state index contributed by atoms with van der Waals surface area (Å²) in [6.07, 6.45) is 4.38. The van der Waals surface area contributed by atoms with Gasteiger partial charge in [-0.3, -0.25) is 4.90 Å². The number of carboxylic acids is 1. The average Bonchev–Trinajstić information content (AvgIpc) is 3.15. The topological polar surface area (TPSA) is 60.9 Å². The van der Waals surface area contributed by atoms with Crippen molar-refractivity contribution >= 4 is 23.8 Å². The molecular weight excluding hydrogens is 288 g/mol. The molecule has 1 N–H and O–H groups in total. The van der Waals surface area contributed by atoms with Gasteiger partial charge in [-0.15, -0.1) is 11.8 Å². The Hall–Kier alpha value is -0.910. The van der Waals surface area contributed by atoms with E-state index in [0.29, 0.717) is 11.7 Å². The number of urea groups is 1. The highest BCUT2D eigenvalue weighted by Crippen LogP contribution is 2.46. The van der Waals surface area contributed by atoms with Crippen LogP contribution in [0.25, 0.3) is 0 Å². The largest absolute Gasteiger partial charge is 0.480 e. The highest BCUT2D eigenvalue weighted by molar-refractivity contribution is 8.00. The summed E-state index contributed by atoms with van der Waals surface area (Å²) in [4.78, 5) is 28.0. The summed E-state index contributed by atoms with van der Waals surface area (Å²) in [5.41, 5.74) is 0.134. The minimum atomic E-state index is -0.865. The van der Waals surface area contributed by atoms with Gasteiger partial charge in [0.1, 0.15) is 6.04 Å². The number of carboxylic acid groups (broad SMARTS) is 1. The van der Waals surface area contributed by atoms with Crippen molar-refractivity contribution in [2.75, 3.05) is 18.8 Å². The number of thioether (sulfide) groups is 1. The number of rotatable bonds is 2. The van der Waals surface area contributed by atoms with Gasteiger partial charge < -0.3 is 10.0 Å². The van der Waals surface area contributed by atoms with E-state index in [1.807, 2.05) is 4.90 Å². The van der Waals surface area contributed by atoms with Crippen molar-refractivity contribution in [2.24, 2.45) is 11.3 Å². The Morgan fingerprint density at radius 2 is 2.00 bits per heavy atom. The second kappa shape index (κ2) is 5.38. The van der Waals surface area contributed by atoms with Gasteiger partial charge in [0.25, 0.3) is 0 Å². The Bertz CT molecular complexity index is 450. The van der Waals surface area contributed by atoms with E-state index in [1.165, 1.54) is 0 Å². The number of likely N-dealkylation sites (tertiary alicyclic amines) is 1. The molecule has 2 amide bonds. The number of hydrogen-bond acceptors (Lipinski definition) is 3. The van der Waals surface area contributed by atoms with Crippen LogP contribution in [0.1, 0.15) is 39.5 Å². The lowest BCUT2D eigenvalue weighted by molar-refractivity contribution is -0.141.